The molecule has 0 aromatic rings. The van der Waals surface area contributed by atoms with E-state index >= 15 is 0 Å². The highest BCUT2D eigenvalue weighted by atomic mass is 32.2. The molecule has 0 amide bonds. The molecule has 1 saturated heterocycles. The SMILES string of the molecule is CCCN(CC)CCNC1CSCC(C)(C)C1. The summed E-state index contributed by atoms with van der Waals surface area (Å²) in [6.45, 7) is 14.1. The predicted octanol–water partition coefficient (Wildman–Crippen LogP) is 2.84. The minimum Gasteiger partial charge on any atom is -0.312 e. The van der Waals surface area contributed by atoms with Gasteiger partial charge in [-0.15, -0.1) is 0 Å². The predicted molar refractivity (Wildman–Crippen MR) is 79.9 cm³/mol. The van der Waals surface area contributed by atoms with Crippen molar-refractivity contribution in [2.24, 2.45) is 5.41 Å². The van der Waals surface area contributed by atoms with Gasteiger partial charge in [0.2, 0.25) is 0 Å². The van der Waals surface area contributed by atoms with Gasteiger partial charge in [0, 0.05) is 24.9 Å². The summed E-state index contributed by atoms with van der Waals surface area (Å²) >= 11 is 2.11. The summed E-state index contributed by atoms with van der Waals surface area (Å²) < 4.78 is 0. The lowest BCUT2D eigenvalue weighted by Crippen LogP contribution is -2.43. The molecule has 102 valence electrons. The number of thioether (sulfide) groups is 1. The molecule has 3 heteroatoms. The minimum atomic E-state index is 0.522. The molecule has 0 spiro atoms. The first-order valence-electron chi connectivity index (χ1n) is 7.11. The Hall–Kier alpha value is 0.270. The van der Waals surface area contributed by atoms with E-state index < -0.39 is 0 Å². The summed E-state index contributed by atoms with van der Waals surface area (Å²) in [7, 11) is 0. The van der Waals surface area contributed by atoms with Crippen LogP contribution in [0.2, 0.25) is 0 Å². The van der Waals surface area contributed by atoms with Gasteiger partial charge in [0.25, 0.3) is 0 Å². The van der Waals surface area contributed by atoms with E-state index in [1.54, 1.807) is 0 Å². The third-order valence-corrected chi connectivity index (χ3v) is 5.08. The van der Waals surface area contributed by atoms with E-state index in [9.17, 15) is 0 Å². The molecule has 0 aromatic heterocycles. The maximum atomic E-state index is 3.74. The number of hydrogen-bond donors (Lipinski definition) is 1. The molecular formula is C14H30N2S. The average molecular weight is 258 g/mol. The highest BCUT2D eigenvalue weighted by Gasteiger charge is 2.27. The van der Waals surface area contributed by atoms with E-state index in [2.05, 4.69) is 49.7 Å². The molecule has 1 heterocycles. The van der Waals surface area contributed by atoms with Crippen molar-refractivity contribution in [3.05, 3.63) is 0 Å². The van der Waals surface area contributed by atoms with Gasteiger partial charge in [0.15, 0.2) is 0 Å². The summed E-state index contributed by atoms with van der Waals surface area (Å²) in [6, 6.07) is 0.726. The van der Waals surface area contributed by atoms with Crippen molar-refractivity contribution in [3.63, 3.8) is 0 Å². The maximum Gasteiger partial charge on any atom is 0.0164 e. The highest BCUT2D eigenvalue weighted by Crippen LogP contribution is 2.33. The van der Waals surface area contributed by atoms with Crippen molar-refractivity contribution in [1.82, 2.24) is 10.2 Å². The molecular weight excluding hydrogens is 228 g/mol. The van der Waals surface area contributed by atoms with Gasteiger partial charge in [-0.05, 0) is 37.1 Å². The summed E-state index contributed by atoms with van der Waals surface area (Å²) in [5, 5.41) is 3.74. The third kappa shape index (κ3) is 6.12. The van der Waals surface area contributed by atoms with Crippen LogP contribution in [0.4, 0.5) is 0 Å². The Balaban J connectivity index is 2.17. The van der Waals surface area contributed by atoms with E-state index in [-0.39, 0.29) is 0 Å². The lowest BCUT2D eigenvalue weighted by molar-refractivity contribution is 0.268. The van der Waals surface area contributed by atoms with Crippen LogP contribution in [0.15, 0.2) is 0 Å². The van der Waals surface area contributed by atoms with Gasteiger partial charge in [-0.25, -0.2) is 0 Å². The Kier molecular flexibility index (Phi) is 6.90. The van der Waals surface area contributed by atoms with E-state index in [1.165, 1.54) is 44.0 Å². The van der Waals surface area contributed by atoms with Crippen LogP contribution in [0.3, 0.4) is 0 Å². The normalized spacial score (nSPS) is 24.2. The second-order valence-electron chi connectivity index (χ2n) is 5.97. The van der Waals surface area contributed by atoms with Crippen molar-refractivity contribution in [2.45, 2.75) is 46.6 Å². The number of nitrogens with zero attached hydrogens (tertiary/aromatic N) is 1. The Labute approximate surface area is 112 Å². The Morgan fingerprint density at radius 1 is 1.29 bits per heavy atom. The quantitative estimate of drug-likeness (QED) is 0.756. The van der Waals surface area contributed by atoms with Gasteiger partial charge in [0.05, 0.1) is 0 Å². The molecule has 1 N–H and O–H groups in total. The fourth-order valence-corrected chi connectivity index (χ4v) is 3.87. The third-order valence-electron chi connectivity index (χ3n) is 3.46. The van der Waals surface area contributed by atoms with Gasteiger partial charge >= 0.3 is 0 Å². The number of likely N-dealkylation sites (N-methyl/N-ethyl adjacent to an activating group) is 1. The fraction of sp³-hybridized carbons (Fsp3) is 1.00. The summed E-state index contributed by atoms with van der Waals surface area (Å²) in [5.41, 5.74) is 0.522. The Morgan fingerprint density at radius 3 is 2.65 bits per heavy atom. The first-order valence-corrected chi connectivity index (χ1v) is 8.26. The van der Waals surface area contributed by atoms with Crippen LogP contribution in [0, 0.1) is 5.41 Å². The molecule has 1 rings (SSSR count). The molecule has 17 heavy (non-hydrogen) atoms. The smallest absolute Gasteiger partial charge is 0.0164 e. The van der Waals surface area contributed by atoms with Gasteiger partial charge in [-0.1, -0.05) is 27.7 Å². The van der Waals surface area contributed by atoms with Crippen LogP contribution in [-0.2, 0) is 0 Å². The van der Waals surface area contributed by atoms with E-state index in [1.807, 2.05) is 0 Å². The first kappa shape index (κ1) is 15.3. The minimum absolute atomic E-state index is 0.522. The van der Waals surface area contributed by atoms with Crippen molar-refractivity contribution in [2.75, 3.05) is 37.7 Å². The maximum absolute atomic E-state index is 3.74. The van der Waals surface area contributed by atoms with E-state index in [0.717, 1.165) is 12.6 Å². The zero-order valence-corrected chi connectivity index (χ0v) is 12.9. The lowest BCUT2D eigenvalue weighted by atomic mass is 9.88. The average Bonchev–Trinajstić information content (AvgIpc) is 2.26. The number of rotatable bonds is 7. The summed E-state index contributed by atoms with van der Waals surface area (Å²) in [4.78, 5) is 2.54. The molecule has 1 atom stereocenters. The number of nitrogens with one attached hydrogen (secondary N) is 1. The monoisotopic (exact) mass is 258 g/mol. The van der Waals surface area contributed by atoms with Crippen molar-refractivity contribution in [3.8, 4) is 0 Å². The van der Waals surface area contributed by atoms with Crippen LogP contribution in [0.25, 0.3) is 0 Å². The molecule has 2 nitrogen and oxygen atoms in total. The molecule has 0 aliphatic carbocycles. The Morgan fingerprint density at radius 2 is 2.06 bits per heavy atom. The van der Waals surface area contributed by atoms with Gasteiger partial charge in [-0.3, -0.25) is 0 Å². The molecule has 0 aromatic carbocycles. The summed E-state index contributed by atoms with van der Waals surface area (Å²) in [6.07, 6.45) is 2.60. The van der Waals surface area contributed by atoms with Crippen LogP contribution >= 0.6 is 11.8 Å². The summed E-state index contributed by atoms with van der Waals surface area (Å²) in [5.74, 6) is 2.62. The van der Waals surface area contributed by atoms with Crippen LogP contribution in [0.5, 0.6) is 0 Å². The molecule has 0 bridgehead atoms. The zero-order valence-electron chi connectivity index (χ0n) is 12.1. The topological polar surface area (TPSA) is 15.3 Å². The van der Waals surface area contributed by atoms with Crippen LogP contribution in [-0.4, -0.2) is 48.6 Å². The second-order valence-corrected chi connectivity index (χ2v) is 7.00. The van der Waals surface area contributed by atoms with Gasteiger partial charge < -0.3 is 10.2 Å². The van der Waals surface area contributed by atoms with E-state index in [0.29, 0.717) is 5.41 Å². The van der Waals surface area contributed by atoms with Crippen LogP contribution < -0.4 is 5.32 Å². The molecule has 1 unspecified atom stereocenters. The fourth-order valence-electron chi connectivity index (χ4n) is 2.56. The molecule has 0 radical (unpaired) electrons. The van der Waals surface area contributed by atoms with Gasteiger partial charge in [0.1, 0.15) is 0 Å². The van der Waals surface area contributed by atoms with Crippen molar-refractivity contribution >= 4 is 11.8 Å². The lowest BCUT2D eigenvalue weighted by Gasteiger charge is -2.35. The van der Waals surface area contributed by atoms with Crippen molar-refractivity contribution < 1.29 is 0 Å². The first-order chi connectivity index (χ1) is 8.07. The number of hydrogen-bond acceptors (Lipinski definition) is 3. The molecule has 0 saturated carbocycles. The second kappa shape index (κ2) is 7.65. The molecule has 1 aliphatic rings. The largest absolute Gasteiger partial charge is 0.312 e. The molecule has 1 fully saturated rings. The zero-order chi connectivity index (χ0) is 12.7. The highest BCUT2D eigenvalue weighted by molar-refractivity contribution is 7.99. The van der Waals surface area contributed by atoms with E-state index in [4.69, 9.17) is 0 Å². The van der Waals surface area contributed by atoms with Gasteiger partial charge in [-0.2, -0.15) is 11.8 Å². The van der Waals surface area contributed by atoms with Crippen LogP contribution in [0.1, 0.15) is 40.5 Å². The standard InChI is InChI=1S/C14H30N2S/c1-5-8-16(6-2)9-7-15-13-10-14(3,4)12-17-11-13/h13,15H,5-12H2,1-4H3. The Bertz CT molecular complexity index is 206. The van der Waals surface area contributed by atoms with Crippen molar-refractivity contribution in [1.29, 1.82) is 0 Å². The molecule has 1 aliphatic heterocycles.